The predicted octanol–water partition coefficient (Wildman–Crippen LogP) is 15.5. The van der Waals surface area contributed by atoms with Gasteiger partial charge in [-0.25, -0.2) is 0 Å². The van der Waals surface area contributed by atoms with Crippen molar-refractivity contribution < 1.29 is 0 Å². The van der Waals surface area contributed by atoms with Crippen molar-refractivity contribution in [1.29, 1.82) is 0 Å². The minimum Gasteiger partial charge on any atom is -0.309 e. The molecule has 0 unspecified atom stereocenters. The Morgan fingerprint density at radius 3 is 1.55 bits per heavy atom. The highest BCUT2D eigenvalue weighted by Crippen LogP contribution is 2.43. The zero-order valence-electron chi connectivity index (χ0n) is 30.6. The van der Waals surface area contributed by atoms with E-state index in [1.54, 1.807) is 0 Å². The van der Waals surface area contributed by atoms with E-state index in [2.05, 4.69) is 217 Å². The first-order valence-electron chi connectivity index (χ1n) is 19.2. The van der Waals surface area contributed by atoms with Crippen molar-refractivity contribution in [2.24, 2.45) is 0 Å². The van der Waals surface area contributed by atoms with Gasteiger partial charge in [0.15, 0.2) is 0 Å². The fraction of sp³-hybridized carbons (Fsp3) is 0. The molecule has 1 nitrogen and oxygen atoms in total. The molecule has 0 fully saturated rings. The van der Waals surface area contributed by atoms with E-state index in [0.717, 1.165) is 5.69 Å². The van der Waals surface area contributed by atoms with Crippen LogP contribution in [0.3, 0.4) is 0 Å². The summed E-state index contributed by atoms with van der Waals surface area (Å²) >= 11 is 1.89. The molecule has 0 amide bonds. The molecule has 11 rings (SSSR count). The number of nitrogens with zero attached hydrogens (tertiary/aromatic N) is 1. The van der Waals surface area contributed by atoms with E-state index in [4.69, 9.17) is 0 Å². The van der Waals surface area contributed by atoms with Crippen LogP contribution >= 0.6 is 11.3 Å². The summed E-state index contributed by atoms with van der Waals surface area (Å²) in [5.41, 5.74) is 15.7. The van der Waals surface area contributed by atoms with Crippen LogP contribution < -0.4 is 0 Å². The zero-order chi connectivity index (χ0) is 37.0. The van der Waals surface area contributed by atoms with E-state index >= 15 is 0 Å². The van der Waals surface area contributed by atoms with Crippen molar-refractivity contribution >= 4 is 53.3 Å². The van der Waals surface area contributed by atoms with Crippen LogP contribution in [0.4, 0.5) is 0 Å². The van der Waals surface area contributed by atoms with E-state index in [0.29, 0.717) is 0 Å². The Kier molecular flexibility index (Phi) is 7.75. The molecule has 9 aromatic carbocycles. The lowest BCUT2D eigenvalue weighted by atomic mass is 9.91. The van der Waals surface area contributed by atoms with E-state index < -0.39 is 0 Å². The summed E-state index contributed by atoms with van der Waals surface area (Å²) in [4.78, 5) is 0. The van der Waals surface area contributed by atoms with Gasteiger partial charge in [-0.1, -0.05) is 152 Å². The predicted molar refractivity (Wildman–Crippen MR) is 241 cm³/mol. The van der Waals surface area contributed by atoms with Crippen LogP contribution in [0.1, 0.15) is 0 Å². The Hall–Kier alpha value is -7.00. The zero-order valence-corrected chi connectivity index (χ0v) is 31.4. The number of aromatic nitrogens is 1. The Bertz CT molecular complexity index is 3220. The number of benzene rings is 9. The second kappa shape index (κ2) is 13.4. The van der Waals surface area contributed by atoms with E-state index in [9.17, 15) is 0 Å². The molecule has 2 aromatic heterocycles. The number of thiophene rings is 1. The van der Waals surface area contributed by atoms with Gasteiger partial charge in [0.1, 0.15) is 0 Å². The van der Waals surface area contributed by atoms with Gasteiger partial charge >= 0.3 is 0 Å². The van der Waals surface area contributed by atoms with Gasteiger partial charge < -0.3 is 4.57 Å². The third-order valence-corrected chi connectivity index (χ3v) is 12.4. The standard InChI is InChI=1S/C54H35NS/c1-3-13-36(14-4-1)38-25-28-45(29-26-38)55-51-23-9-7-19-47(51)50-35-41(27-30-52(50)55)43-32-42(40-18-11-17-39(31-40)37-15-5-2-6-16-37)33-44(34-43)46-21-12-22-49-48-20-8-10-24-53(48)56-54(46)49/h1-35H. The lowest BCUT2D eigenvalue weighted by Gasteiger charge is -2.14. The first kappa shape index (κ1) is 32.4. The molecule has 0 saturated heterocycles. The third-order valence-electron chi connectivity index (χ3n) is 11.2. The number of hydrogen-bond donors (Lipinski definition) is 0. The molecule has 0 spiro atoms. The maximum Gasteiger partial charge on any atom is 0.0541 e. The number of hydrogen-bond acceptors (Lipinski definition) is 1. The molecule has 0 aliphatic carbocycles. The summed E-state index contributed by atoms with van der Waals surface area (Å²) in [6, 6.07) is 77.7. The van der Waals surface area contributed by atoms with Crippen molar-refractivity contribution in [3.05, 3.63) is 212 Å². The Morgan fingerprint density at radius 1 is 0.286 bits per heavy atom. The van der Waals surface area contributed by atoms with Crippen molar-refractivity contribution in [3.63, 3.8) is 0 Å². The maximum absolute atomic E-state index is 2.41. The van der Waals surface area contributed by atoms with Gasteiger partial charge in [0.2, 0.25) is 0 Å². The minimum absolute atomic E-state index is 1.16. The van der Waals surface area contributed by atoms with Gasteiger partial charge in [-0.3, -0.25) is 0 Å². The molecular formula is C54H35NS. The molecule has 11 aromatic rings. The molecule has 0 aliphatic heterocycles. The van der Waals surface area contributed by atoms with E-state index in [1.807, 2.05) is 11.3 Å². The topological polar surface area (TPSA) is 4.93 Å². The first-order valence-corrected chi connectivity index (χ1v) is 20.0. The van der Waals surface area contributed by atoms with Crippen molar-refractivity contribution in [2.75, 3.05) is 0 Å². The van der Waals surface area contributed by atoms with Crippen molar-refractivity contribution in [3.8, 4) is 61.3 Å². The SMILES string of the molecule is c1ccc(-c2ccc(-n3c4ccccc4c4cc(-c5cc(-c6cccc(-c7ccccc7)c6)cc(-c6cccc7c6sc6ccccc67)c5)ccc43)cc2)cc1. The van der Waals surface area contributed by atoms with Crippen LogP contribution in [0.15, 0.2) is 212 Å². The summed E-state index contributed by atoms with van der Waals surface area (Å²) in [6.45, 7) is 0. The molecule has 0 atom stereocenters. The normalized spacial score (nSPS) is 11.6. The summed E-state index contributed by atoms with van der Waals surface area (Å²) in [7, 11) is 0. The van der Waals surface area contributed by atoms with Crippen molar-refractivity contribution in [2.45, 2.75) is 0 Å². The van der Waals surface area contributed by atoms with Gasteiger partial charge in [-0.05, 0) is 116 Å². The summed E-state index contributed by atoms with van der Waals surface area (Å²) in [5.74, 6) is 0. The summed E-state index contributed by atoms with van der Waals surface area (Å²) in [6.07, 6.45) is 0. The molecule has 0 N–H and O–H groups in total. The monoisotopic (exact) mass is 729 g/mol. The fourth-order valence-corrected chi connectivity index (χ4v) is 9.70. The average Bonchev–Trinajstić information content (AvgIpc) is 3.83. The Morgan fingerprint density at radius 2 is 0.786 bits per heavy atom. The lowest BCUT2D eigenvalue weighted by molar-refractivity contribution is 1.18. The second-order valence-corrected chi connectivity index (χ2v) is 15.6. The first-order chi connectivity index (χ1) is 27.7. The van der Waals surface area contributed by atoms with Crippen LogP contribution in [0.25, 0.3) is 103 Å². The van der Waals surface area contributed by atoms with Crippen LogP contribution in [0, 0.1) is 0 Å². The van der Waals surface area contributed by atoms with Crippen molar-refractivity contribution in [1.82, 2.24) is 4.57 Å². The minimum atomic E-state index is 1.16. The molecule has 56 heavy (non-hydrogen) atoms. The van der Waals surface area contributed by atoms with Gasteiger partial charge in [0.25, 0.3) is 0 Å². The lowest BCUT2D eigenvalue weighted by Crippen LogP contribution is -1.93. The number of rotatable bonds is 6. The molecule has 0 aliphatic rings. The van der Waals surface area contributed by atoms with Crippen LogP contribution in [0.2, 0.25) is 0 Å². The van der Waals surface area contributed by atoms with Gasteiger partial charge in [0, 0.05) is 36.6 Å². The Labute approximate surface area is 330 Å². The highest BCUT2D eigenvalue weighted by Gasteiger charge is 2.17. The molecule has 262 valence electrons. The van der Waals surface area contributed by atoms with Crippen LogP contribution in [-0.2, 0) is 0 Å². The highest BCUT2D eigenvalue weighted by atomic mass is 32.1. The smallest absolute Gasteiger partial charge is 0.0541 e. The fourth-order valence-electron chi connectivity index (χ4n) is 8.46. The quantitative estimate of drug-likeness (QED) is 0.161. The summed E-state index contributed by atoms with van der Waals surface area (Å²) in [5, 5.41) is 5.12. The van der Waals surface area contributed by atoms with Gasteiger partial charge in [0.05, 0.1) is 11.0 Å². The largest absolute Gasteiger partial charge is 0.309 e. The van der Waals surface area contributed by atoms with Gasteiger partial charge in [-0.2, -0.15) is 0 Å². The molecule has 0 saturated carbocycles. The highest BCUT2D eigenvalue weighted by molar-refractivity contribution is 7.26. The average molecular weight is 730 g/mol. The molecule has 2 heteroatoms. The number of para-hydroxylation sites is 1. The molecule has 2 heterocycles. The molecule has 0 bridgehead atoms. The molecule has 0 radical (unpaired) electrons. The van der Waals surface area contributed by atoms with Crippen LogP contribution in [0.5, 0.6) is 0 Å². The molecular weight excluding hydrogens is 695 g/mol. The van der Waals surface area contributed by atoms with Crippen LogP contribution in [-0.4, -0.2) is 4.57 Å². The summed E-state index contributed by atoms with van der Waals surface area (Å²) < 4.78 is 5.05. The second-order valence-electron chi connectivity index (χ2n) is 14.5. The maximum atomic E-state index is 2.41. The van der Waals surface area contributed by atoms with E-state index in [1.165, 1.54) is 97.6 Å². The Balaban J connectivity index is 1.10. The number of fused-ring (bicyclic) bond motifs is 6. The van der Waals surface area contributed by atoms with Gasteiger partial charge in [-0.15, -0.1) is 11.3 Å². The van der Waals surface area contributed by atoms with E-state index in [-0.39, 0.29) is 0 Å². The third kappa shape index (κ3) is 5.54.